The highest BCUT2D eigenvalue weighted by molar-refractivity contribution is 5.87. The summed E-state index contributed by atoms with van der Waals surface area (Å²) in [6.07, 6.45) is 31.5. The Kier molecular flexibility index (Phi) is 25.3. The van der Waals surface area contributed by atoms with Crippen LogP contribution in [0.1, 0.15) is 182 Å². The third-order valence-corrected chi connectivity index (χ3v) is 20.0. The van der Waals surface area contributed by atoms with Crippen molar-refractivity contribution in [1.29, 1.82) is 0 Å². The number of ether oxygens (including phenoxy) is 6. The number of esters is 6. The molecule has 12 atom stereocenters. The molecule has 4 bridgehead atoms. The van der Waals surface area contributed by atoms with Crippen molar-refractivity contribution in [3.63, 3.8) is 0 Å². The molecule has 12 heteroatoms. The van der Waals surface area contributed by atoms with Crippen molar-refractivity contribution in [2.45, 2.75) is 182 Å². The Bertz CT molecular complexity index is 2060. The summed E-state index contributed by atoms with van der Waals surface area (Å²) < 4.78 is 31.9. The normalized spacial score (nSPS) is 32.6. The van der Waals surface area contributed by atoms with Gasteiger partial charge in [0.25, 0.3) is 0 Å². The highest BCUT2D eigenvalue weighted by Gasteiger charge is 2.57. The largest absolute Gasteiger partial charge is 0.465 e. The topological polar surface area (TPSA) is 158 Å². The average molecular weight is 1090 g/mol. The summed E-state index contributed by atoms with van der Waals surface area (Å²) in [4.78, 5) is 69.3. The number of hydrogen-bond acceptors (Lipinski definition) is 12. The molecule has 0 aromatic carbocycles. The number of fused-ring (bicyclic) bond motifs is 10. The van der Waals surface area contributed by atoms with Crippen LogP contribution in [0.25, 0.3) is 0 Å². The van der Waals surface area contributed by atoms with E-state index in [1.54, 1.807) is 20.8 Å². The second kappa shape index (κ2) is 31.5. The summed E-state index contributed by atoms with van der Waals surface area (Å²) in [6.45, 7) is 28.1. The van der Waals surface area contributed by atoms with E-state index < -0.39 is 0 Å². The molecule has 0 aliphatic heterocycles. The zero-order valence-electron chi connectivity index (χ0n) is 48.5. The molecule has 12 unspecified atom stereocenters. The van der Waals surface area contributed by atoms with Gasteiger partial charge in [0.2, 0.25) is 0 Å². The van der Waals surface area contributed by atoms with E-state index in [4.69, 9.17) is 28.4 Å². The third-order valence-electron chi connectivity index (χ3n) is 20.0. The molecule has 0 radical (unpaired) electrons. The predicted octanol–water partition coefficient (Wildman–Crippen LogP) is 13.7. The molecular weight excluding hydrogens is 985 g/mol. The minimum atomic E-state index is -0.325. The molecule has 12 nitrogen and oxygen atoms in total. The van der Waals surface area contributed by atoms with E-state index in [1.807, 2.05) is 0 Å². The van der Waals surface area contributed by atoms with Crippen LogP contribution in [-0.4, -0.2) is 75.5 Å². The Morgan fingerprint density at radius 3 is 1.32 bits per heavy atom. The fourth-order valence-corrected chi connectivity index (χ4v) is 16.0. The first-order valence-electron chi connectivity index (χ1n) is 30.7. The maximum atomic E-state index is 12.4. The van der Waals surface area contributed by atoms with Crippen LogP contribution in [0.15, 0.2) is 61.8 Å². The first kappa shape index (κ1) is 62.7. The summed E-state index contributed by atoms with van der Waals surface area (Å²) in [5.74, 6) is 9.19. The summed E-state index contributed by atoms with van der Waals surface area (Å²) >= 11 is 0. The zero-order chi connectivity index (χ0) is 56.3. The molecule has 8 aliphatic carbocycles. The van der Waals surface area contributed by atoms with E-state index in [2.05, 4.69) is 39.8 Å². The van der Waals surface area contributed by atoms with Gasteiger partial charge in [0, 0.05) is 28.9 Å². The molecule has 8 aliphatic rings. The lowest BCUT2D eigenvalue weighted by molar-refractivity contribution is -0.150. The highest BCUT2D eigenvalue weighted by Crippen LogP contribution is 2.63. The lowest BCUT2D eigenvalue weighted by Crippen LogP contribution is -2.29. The maximum Gasteiger partial charge on any atom is 0.333 e. The second-order valence-electron chi connectivity index (χ2n) is 25.5. The molecule has 0 aromatic rings. The standard InChI is InChI=1S/C28H48O4.C20H28O4.C18H24O4/c1-4-5-8-11-23-12-14-24(15-13-23)25-16-18-26(19-17-25)28(30)32-21-10-7-6-9-20-31-27(29)22(2)3;1-11(2)19(21)23-9-13-5-16-14-7-15(10-24-20(22)12(3)4)17(8-14)18(16)6-13;1-3-17(19)21-9-11-5-14-12-7-13(10-22-18(20)4-2)15(8-12)16(14)6-11/h23-26H,2,4-21H2,1,3H3;13-18H,1,3,5-10H2,2,4H3;3-4,11-16H,1-2,5-10H2. The van der Waals surface area contributed by atoms with E-state index in [0.29, 0.717) is 97.8 Å². The van der Waals surface area contributed by atoms with Crippen molar-refractivity contribution in [1.82, 2.24) is 0 Å². The van der Waals surface area contributed by atoms with Crippen LogP contribution in [0.2, 0.25) is 0 Å². The van der Waals surface area contributed by atoms with Crippen molar-refractivity contribution in [3.8, 4) is 0 Å². The summed E-state index contributed by atoms with van der Waals surface area (Å²) in [7, 11) is 0. The fraction of sp³-hybridized carbons (Fsp3) is 0.758. The monoisotopic (exact) mass is 1080 g/mol. The molecule has 0 heterocycles. The Labute approximate surface area is 469 Å². The van der Waals surface area contributed by atoms with Gasteiger partial charge in [-0.25, -0.2) is 24.0 Å². The van der Waals surface area contributed by atoms with Crippen molar-refractivity contribution in [2.75, 3.05) is 39.6 Å². The smallest absolute Gasteiger partial charge is 0.333 e. The van der Waals surface area contributed by atoms with Crippen molar-refractivity contribution < 1.29 is 57.2 Å². The van der Waals surface area contributed by atoms with Crippen LogP contribution < -0.4 is 0 Å². The molecule has 8 rings (SSSR count). The maximum absolute atomic E-state index is 12.4. The van der Waals surface area contributed by atoms with Gasteiger partial charge >= 0.3 is 35.8 Å². The second-order valence-corrected chi connectivity index (χ2v) is 25.5. The van der Waals surface area contributed by atoms with Crippen LogP contribution in [0, 0.1) is 94.7 Å². The highest BCUT2D eigenvalue weighted by atomic mass is 16.6. The Morgan fingerprint density at radius 2 is 0.833 bits per heavy atom. The third kappa shape index (κ3) is 18.3. The molecule has 0 spiro atoms. The first-order chi connectivity index (χ1) is 37.5. The lowest BCUT2D eigenvalue weighted by atomic mass is 9.68. The van der Waals surface area contributed by atoms with E-state index in [1.165, 1.54) is 115 Å². The van der Waals surface area contributed by atoms with Crippen LogP contribution >= 0.6 is 0 Å². The average Bonchev–Trinajstić information content (AvgIpc) is 4.43. The molecular formula is C66H100O12. The van der Waals surface area contributed by atoms with Gasteiger partial charge in [0.15, 0.2) is 0 Å². The fourth-order valence-electron chi connectivity index (χ4n) is 16.0. The Balaban J connectivity index is 0.000000193. The van der Waals surface area contributed by atoms with E-state index in [0.717, 1.165) is 98.7 Å². The number of hydrogen-bond donors (Lipinski definition) is 0. The molecule has 436 valence electrons. The lowest BCUT2D eigenvalue weighted by Gasteiger charge is -2.37. The SMILES string of the molecule is C=C(C)C(=O)OCC1CC2C3CC(COC(=O)C(=C)C)C(C3)C2C1.C=C(C)C(=O)OCCCCCCOC(=O)C1CCC(C2CCC(CCCCC)CC2)CC1.C=CC(=O)OCC1CC2C3CC(COC(=O)C=C)C(C3)C2C1. The summed E-state index contributed by atoms with van der Waals surface area (Å²) in [6, 6.07) is 0. The minimum absolute atomic E-state index is 0.0264. The van der Waals surface area contributed by atoms with Gasteiger partial charge in [-0.05, 0) is 225 Å². The van der Waals surface area contributed by atoms with Crippen LogP contribution in [0.3, 0.4) is 0 Å². The summed E-state index contributed by atoms with van der Waals surface area (Å²) in [5, 5.41) is 0. The molecule has 8 saturated carbocycles. The van der Waals surface area contributed by atoms with Gasteiger partial charge < -0.3 is 28.4 Å². The van der Waals surface area contributed by atoms with Gasteiger partial charge in [-0.15, -0.1) is 0 Å². The van der Waals surface area contributed by atoms with Crippen molar-refractivity contribution in [2.24, 2.45) is 94.7 Å². The quantitative estimate of drug-likeness (QED) is 0.0350. The van der Waals surface area contributed by atoms with Crippen LogP contribution in [0.4, 0.5) is 0 Å². The Hall–Kier alpha value is -4.48. The minimum Gasteiger partial charge on any atom is -0.465 e. The predicted molar refractivity (Wildman–Crippen MR) is 303 cm³/mol. The zero-order valence-corrected chi connectivity index (χ0v) is 48.5. The van der Waals surface area contributed by atoms with Gasteiger partial charge in [-0.1, -0.05) is 78.3 Å². The summed E-state index contributed by atoms with van der Waals surface area (Å²) in [5.41, 5.74) is 1.38. The number of carbonyl (C=O) groups excluding carboxylic acids is 6. The van der Waals surface area contributed by atoms with Crippen molar-refractivity contribution in [3.05, 3.63) is 61.8 Å². The van der Waals surface area contributed by atoms with Gasteiger partial charge in [-0.2, -0.15) is 0 Å². The van der Waals surface area contributed by atoms with Gasteiger partial charge in [0.1, 0.15) is 0 Å². The molecule has 78 heavy (non-hydrogen) atoms. The van der Waals surface area contributed by atoms with E-state index >= 15 is 0 Å². The molecule has 0 aromatic heterocycles. The Morgan fingerprint density at radius 1 is 0.410 bits per heavy atom. The number of carbonyl (C=O) groups is 6. The van der Waals surface area contributed by atoms with Crippen LogP contribution in [0.5, 0.6) is 0 Å². The molecule has 0 N–H and O–H groups in total. The van der Waals surface area contributed by atoms with Crippen molar-refractivity contribution >= 4 is 35.8 Å². The van der Waals surface area contributed by atoms with Gasteiger partial charge in [-0.3, -0.25) is 4.79 Å². The van der Waals surface area contributed by atoms with E-state index in [9.17, 15) is 28.8 Å². The van der Waals surface area contributed by atoms with Crippen LogP contribution in [-0.2, 0) is 57.2 Å². The number of rotatable bonds is 26. The number of unbranched alkanes of at least 4 members (excludes halogenated alkanes) is 5. The molecule has 0 amide bonds. The molecule has 8 fully saturated rings. The van der Waals surface area contributed by atoms with Gasteiger partial charge in [0.05, 0.1) is 45.6 Å². The first-order valence-corrected chi connectivity index (χ1v) is 30.7. The van der Waals surface area contributed by atoms with E-state index in [-0.39, 0.29) is 41.7 Å². The molecule has 0 saturated heterocycles.